The molecular formula is C16H20N2O4. The first-order chi connectivity index (χ1) is 10.5. The van der Waals surface area contributed by atoms with Crippen LogP contribution >= 0.6 is 0 Å². The Morgan fingerprint density at radius 3 is 2.68 bits per heavy atom. The molecule has 1 heterocycles. The normalized spacial score (nSPS) is 10.7. The van der Waals surface area contributed by atoms with Crippen molar-refractivity contribution in [3.63, 3.8) is 0 Å². The molecule has 0 atom stereocenters. The monoisotopic (exact) mass is 304 g/mol. The highest BCUT2D eigenvalue weighted by molar-refractivity contribution is 5.91. The molecule has 0 aliphatic heterocycles. The number of pyridine rings is 1. The third-order valence-electron chi connectivity index (χ3n) is 3.32. The Balaban J connectivity index is 2.69. The van der Waals surface area contributed by atoms with Gasteiger partial charge in [-0.1, -0.05) is 13.3 Å². The molecule has 0 fully saturated rings. The average Bonchev–Trinajstić information content (AvgIpc) is 2.47. The first-order valence-electron chi connectivity index (χ1n) is 7.19. The van der Waals surface area contributed by atoms with Crippen molar-refractivity contribution in [1.82, 2.24) is 4.57 Å². The van der Waals surface area contributed by atoms with E-state index in [2.05, 4.69) is 0 Å². The molecule has 0 aliphatic carbocycles. The standard InChI is InChI=1S/C16H20N2O4/c1-4-5-8-21-15-14(22-10(2)19)12-7-6-11(17)9-13(12)18(3)16(15)20/h6-7,9H,4-5,8,17H2,1-3H3. The zero-order chi connectivity index (χ0) is 16.3. The van der Waals surface area contributed by atoms with Crippen LogP contribution in [-0.2, 0) is 11.8 Å². The first-order valence-corrected chi connectivity index (χ1v) is 7.19. The highest BCUT2D eigenvalue weighted by Gasteiger charge is 2.19. The SMILES string of the molecule is CCCCOc1c(OC(C)=O)c2ccc(N)cc2n(C)c1=O. The average molecular weight is 304 g/mol. The number of fused-ring (bicyclic) bond motifs is 1. The highest BCUT2D eigenvalue weighted by atomic mass is 16.6. The third-order valence-corrected chi connectivity index (χ3v) is 3.32. The van der Waals surface area contributed by atoms with E-state index in [1.807, 2.05) is 6.92 Å². The molecule has 2 aromatic rings. The largest absolute Gasteiger partial charge is 0.485 e. The molecule has 0 bridgehead atoms. The van der Waals surface area contributed by atoms with E-state index < -0.39 is 5.97 Å². The van der Waals surface area contributed by atoms with Crippen LogP contribution in [0, 0.1) is 0 Å². The molecule has 6 heteroatoms. The van der Waals surface area contributed by atoms with Crippen molar-refractivity contribution in [3.05, 3.63) is 28.6 Å². The zero-order valence-corrected chi connectivity index (χ0v) is 13.0. The minimum atomic E-state index is -0.508. The maximum atomic E-state index is 12.5. The third kappa shape index (κ3) is 3.05. The van der Waals surface area contributed by atoms with Gasteiger partial charge in [-0.15, -0.1) is 0 Å². The summed E-state index contributed by atoms with van der Waals surface area (Å²) in [5.41, 5.74) is 6.53. The molecular weight excluding hydrogens is 284 g/mol. The molecule has 118 valence electrons. The van der Waals surface area contributed by atoms with E-state index in [4.69, 9.17) is 15.2 Å². The highest BCUT2D eigenvalue weighted by Crippen LogP contribution is 2.33. The Bertz CT molecular complexity index is 765. The second-order valence-electron chi connectivity index (χ2n) is 5.09. The number of carbonyl (C=O) groups is 1. The van der Waals surface area contributed by atoms with Gasteiger partial charge in [-0.25, -0.2) is 0 Å². The smallest absolute Gasteiger partial charge is 0.308 e. The summed E-state index contributed by atoms with van der Waals surface area (Å²) in [4.78, 5) is 23.9. The molecule has 0 unspecified atom stereocenters. The zero-order valence-electron chi connectivity index (χ0n) is 13.0. The van der Waals surface area contributed by atoms with Gasteiger partial charge in [0.1, 0.15) is 0 Å². The Kier molecular flexibility index (Phi) is 4.70. The fourth-order valence-corrected chi connectivity index (χ4v) is 2.19. The summed E-state index contributed by atoms with van der Waals surface area (Å²) >= 11 is 0. The van der Waals surface area contributed by atoms with Crippen LogP contribution in [0.3, 0.4) is 0 Å². The number of aryl methyl sites for hydroxylation is 1. The number of nitrogens with zero attached hydrogens (tertiary/aromatic N) is 1. The molecule has 22 heavy (non-hydrogen) atoms. The molecule has 0 amide bonds. The quantitative estimate of drug-likeness (QED) is 0.520. The molecule has 0 radical (unpaired) electrons. The van der Waals surface area contributed by atoms with Crippen molar-refractivity contribution < 1.29 is 14.3 Å². The Morgan fingerprint density at radius 1 is 1.32 bits per heavy atom. The van der Waals surface area contributed by atoms with Crippen molar-refractivity contribution in [2.45, 2.75) is 26.7 Å². The maximum absolute atomic E-state index is 12.5. The number of hydrogen-bond donors (Lipinski definition) is 1. The number of nitrogens with two attached hydrogens (primary N) is 1. The number of hydrogen-bond acceptors (Lipinski definition) is 5. The molecule has 1 aromatic heterocycles. The number of rotatable bonds is 5. The summed E-state index contributed by atoms with van der Waals surface area (Å²) in [6, 6.07) is 5.07. The van der Waals surface area contributed by atoms with Crippen LogP contribution in [0.1, 0.15) is 26.7 Å². The van der Waals surface area contributed by atoms with Gasteiger partial charge in [0.25, 0.3) is 5.56 Å². The second kappa shape index (κ2) is 6.51. The number of nitrogen functional groups attached to an aromatic ring is 1. The summed E-state index contributed by atoms with van der Waals surface area (Å²) in [5.74, 6) is -0.295. The van der Waals surface area contributed by atoms with E-state index in [-0.39, 0.29) is 17.1 Å². The number of aromatic nitrogens is 1. The Morgan fingerprint density at radius 2 is 2.05 bits per heavy atom. The topological polar surface area (TPSA) is 83.5 Å². The first kappa shape index (κ1) is 15.9. The van der Waals surface area contributed by atoms with Gasteiger partial charge in [-0.05, 0) is 24.6 Å². The number of benzene rings is 1. The second-order valence-corrected chi connectivity index (χ2v) is 5.09. The van der Waals surface area contributed by atoms with E-state index in [1.165, 1.54) is 11.5 Å². The number of esters is 1. The minimum Gasteiger partial charge on any atom is -0.485 e. The molecule has 1 aromatic carbocycles. The van der Waals surface area contributed by atoms with Crippen molar-refractivity contribution in [2.75, 3.05) is 12.3 Å². The van der Waals surface area contributed by atoms with Crippen LogP contribution in [-0.4, -0.2) is 17.1 Å². The number of unbranched alkanes of at least 4 members (excludes halogenated alkanes) is 1. The summed E-state index contributed by atoms with van der Waals surface area (Å²) in [6.45, 7) is 3.70. The van der Waals surface area contributed by atoms with Gasteiger partial charge in [0, 0.05) is 25.0 Å². The number of carbonyl (C=O) groups excluding carboxylic acids is 1. The van der Waals surface area contributed by atoms with Crippen LogP contribution < -0.4 is 20.8 Å². The van der Waals surface area contributed by atoms with Crippen LogP contribution in [0.4, 0.5) is 5.69 Å². The predicted molar refractivity (Wildman–Crippen MR) is 85.3 cm³/mol. The van der Waals surface area contributed by atoms with Crippen LogP contribution in [0.2, 0.25) is 0 Å². The minimum absolute atomic E-state index is 0.0587. The maximum Gasteiger partial charge on any atom is 0.308 e. The lowest BCUT2D eigenvalue weighted by molar-refractivity contribution is -0.131. The predicted octanol–water partition coefficient (Wildman–Crippen LogP) is 2.22. The van der Waals surface area contributed by atoms with Gasteiger partial charge >= 0.3 is 5.97 Å². The van der Waals surface area contributed by atoms with Gasteiger partial charge in [0.05, 0.1) is 12.1 Å². The van der Waals surface area contributed by atoms with Crippen molar-refractivity contribution in [3.8, 4) is 11.5 Å². The number of anilines is 1. The summed E-state index contributed by atoms with van der Waals surface area (Å²) in [7, 11) is 1.63. The molecule has 0 aliphatic rings. The van der Waals surface area contributed by atoms with E-state index >= 15 is 0 Å². The lowest BCUT2D eigenvalue weighted by atomic mass is 10.1. The summed E-state index contributed by atoms with van der Waals surface area (Å²) < 4.78 is 12.3. The summed E-state index contributed by atoms with van der Waals surface area (Å²) in [6.07, 6.45) is 1.75. The molecule has 2 N–H and O–H groups in total. The van der Waals surface area contributed by atoms with Crippen LogP contribution in [0.25, 0.3) is 10.9 Å². The molecule has 0 spiro atoms. The van der Waals surface area contributed by atoms with Crippen LogP contribution in [0.15, 0.2) is 23.0 Å². The Hall–Kier alpha value is -2.50. The van der Waals surface area contributed by atoms with Gasteiger partial charge in [0.2, 0.25) is 5.75 Å². The molecule has 0 saturated carbocycles. The molecule has 0 saturated heterocycles. The molecule has 6 nitrogen and oxygen atoms in total. The van der Waals surface area contributed by atoms with Crippen molar-refractivity contribution in [2.24, 2.45) is 7.05 Å². The lowest BCUT2D eigenvalue weighted by Gasteiger charge is -2.15. The lowest BCUT2D eigenvalue weighted by Crippen LogP contribution is -2.22. The fraction of sp³-hybridized carbons (Fsp3) is 0.375. The van der Waals surface area contributed by atoms with Crippen molar-refractivity contribution in [1.29, 1.82) is 0 Å². The van der Waals surface area contributed by atoms with E-state index in [0.29, 0.717) is 23.2 Å². The van der Waals surface area contributed by atoms with Gasteiger partial charge in [-0.2, -0.15) is 0 Å². The Labute approximate surface area is 128 Å². The molecule has 2 rings (SSSR count). The van der Waals surface area contributed by atoms with Gasteiger partial charge in [0.15, 0.2) is 5.75 Å². The van der Waals surface area contributed by atoms with Gasteiger partial charge in [-0.3, -0.25) is 9.59 Å². The van der Waals surface area contributed by atoms with E-state index in [9.17, 15) is 9.59 Å². The van der Waals surface area contributed by atoms with Crippen LogP contribution in [0.5, 0.6) is 11.5 Å². The van der Waals surface area contributed by atoms with E-state index in [1.54, 1.807) is 25.2 Å². The number of ether oxygens (including phenoxy) is 2. The van der Waals surface area contributed by atoms with Gasteiger partial charge < -0.3 is 19.8 Å². The van der Waals surface area contributed by atoms with Crippen molar-refractivity contribution >= 4 is 22.6 Å². The fourth-order valence-electron chi connectivity index (χ4n) is 2.19. The van der Waals surface area contributed by atoms with E-state index in [0.717, 1.165) is 12.8 Å². The summed E-state index contributed by atoms with van der Waals surface area (Å²) in [5, 5.41) is 0.609.